The second-order valence-corrected chi connectivity index (χ2v) is 12.9. The van der Waals surface area contributed by atoms with Crippen molar-refractivity contribution in [3.63, 3.8) is 0 Å². The van der Waals surface area contributed by atoms with Crippen molar-refractivity contribution in [3.8, 4) is 0 Å². The van der Waals surface area contributed by atoms with E-state index in [4.69, 9.17) is 9.16 Å². The average molecular weight is 314 g/mol. The van der Waals surface area contributed by atoms with Crippen LogP contribution in [0.5, 0.6) is 0 Å². The Bertz CT molecular complexity index is 366. The quantitative estimate of drug-likeness (QED) is 0.793. The van der Waals surface area contributed by atoms with E-state index in [2.05, 4.69) is 39.2 Å². The third-order valence-corrected chi connectivity index (χ3v) is 9.86. The minimum Gasteiger partial charge on any atom is -0.416 e. The van der Waals surface area contributed by atoms with Crippen LogP contribution >= 0.6 is 0 Å². The highest BCUT2D eigenvalue weighted by Gasteiger charge is 2.38. The first kappa shape index (κ1) is 17.1. The lowest BCUT2D eigenvalue weighted by molar-refractivity contribution is -0.126. The van der Waals surface area contributed by atoms with Crippen molar-refractivity contribution >= 4 is 14.1 Å². The Morgan fingerprint density at radius 3 is 2.33 bits per heavy atom. The van der Waals surface area contributed by atoms with Gasteiger partial charge in [0.2, 0.25) is 0 Å². The number of carbonyl (C=O) groups is 1. The van der Waals surface area contributed by atoms with Gasteiger partial charge in [-0.25, -0.2) is 0 Å². The van der Waals surface area contributed by atoms with Crippen molar-refractivity contribution in [3.05, 3.63) is 0 Å². The van der Waals surface area contributed by atoms with Crippen molar-refractivity contribution in [1.29, 1.82) is 0 Å². The summed E-state index contributed by atoms with van der Waals surface area (Å²) < 4.78 is 11.7. The maximum Gasteiger partial charge on any atom is 0.191 e. The van der Waals surface area contributed by atoms with Gasteiger partial charge in [0.05, 0.1) is 13.2 Å². The number of nitrogens with one attached hydrogen (secondary N) is 1. The highest BCUT2D eigenvalue weighted by Crippen LogP contribution is 2.36. The number of piperidine rings is 1. The normalized spacial score (nSPS) is 30.2. The Kier molecular flexibility index (Phi) is 5.29. The van der Waals surface area contributed by atoms with E-state index in [1.807, 2.05) is 0 Å². The Labute approximate surface area is 130 Å². The fourth-order valence-corrected chi connectivity index (χ4v) is 3.97. The van der Waals surface area contributed by atoms with Crippen molar-refractivity contribution in [2.24, 2.45) is 5.92 Å². The van der Waals surface area contributed by atoms with Gasteiger partial charge < -0.3 is 14.5 Å². The standard InChI is InChI=1S/C16H31NO3Si/c1-16(2,3)21(4,5)20-7-6-15(18)12-8-13-10-19-11-14(9-12)17-13/h12-14,17H,6-11H2,1-5H3. The molecule has 5 heteroatoms. The van der Waals surface area contributed by atoms with Crippen LogP contribution in [0.25, 0.3) is 0 Å². The van der Waals surface area contributed by atoms with Crippen LogP contribution in [0, 0.1) is 5.92 Å². The molecule has 122 valence electrons. The van der Waals surface area contributed by atoms with Crippen molar-refractivity contribution < 1.29 is 14.0 Å². The molecule has 2 aliphatic heterocycles. The van der Waals surface area contributed by atoms with E-state index in [1.54, 1.807) is 0 Å². The van der Waals surface area contributed by atoms with Crippen LogP contribution in [0.2, 0.25) is 18.1 Å². The molecule has 0 radical (unpaired) electrons. The second-order valence-electron chi connectivity index (χ2n) is 8.09. The van der Waals surface area contributed by atoms with Gasteiger partial charge in [0.25, 0.3) is 0 Å². The van der Waals surface area contributed by atoms with Gasteiger partial charge in [0.15, 0.2) is 8.32 Å². The topological polar surface area (TPSA) is 47.6 Å². The van der Waals surface area contributed by atoms with Gasteiger partial charge in [-0.2, -0.15) is 0 Å². The van der Waals surface area contributed by atoms with Crippen molar-refractivity contribution in [2.75, 3.05) is 19.8 Å². The minimum atomic E-state index is -1.73. The second kappa shape index (κ2) is 6.48. The van der Waals surface area contributed by atoms with Gasteiger partial charge in [-0.15, -0.1) is 0 Å². The summed E-state index contributed by atoms with van der Waals surface area (Å²) in [5.41, 5.74) is 0. The molecule has 0 aliphatic carbocycles. The summed E-state index contributed by atoms with van der Waals surface area (Å²) in [7, 11) is -1.73. The maximum absolute atomic E-state index is 12.4. The smallest absolute Gasteiger partial charge is 0.191 e. The molecule has 2 rings (SSSR count). The highest BCUT2D eigenvalue weighted by atomic mass is 28.4. The van der Waals surface area contributed by atoms with E-state index in [0.29, 0.717) is 30.9 Å². The van der Waals surface area contributed by atoms with Crippen LogP contribution in [0.1, 0.15) is 40.0 Å². The number of rotatable bonds is 5. The molecule has 2 unspecified atom stereocenters. The van der Waals surface area contributed by atoms with Crippen molar-refractivity contribution in [2.45, 2.75) is 70.2 Å². The molecule has 0 spiro atoms. The van der Waals surface area contributed by atoms with Crippen LogP contribution in [0.4, 0.5) is 0 Å². The van der Waals surface area contributed by atoms with Gasteiger partial charge in [-0.3, -0.25) is 4.79 Å². The predicted molar refractivity (Wildman–Crippen MR) is 87.0 cm³/mol. The zero-order valence-corrected chi connectivity index (χ0v) is 15.2. The molecule has 21 heavy (non-hydrogen) atoms. The van der Waals surface area contributed by atoms with E-state index >= 15 is 0 Å². The summed E-state index contributed by atoms with van der Waals surface area (Å²) in [6, 6.07) is 0.737. The van der Waals surface area contributed by atoms with Crippen LogP contribution in [0.15, 0.2) is 0 Å². The molecular formula is C16H31NO3Si. The molecule has 2 atom stereocenters. The lowest BCUT2D eigenvalue weighted by atomic mass is 9.83. The van der Waals surface area contributed by atoms with Crippen LogP contribution in [-0.4, -0.2) is 46.0 Å². The Balaban J connectivity index is 1.77. The molecule has 0 aromatic carbocycles. The third kappa shape index (κ3) is 4.37. The number of hydrogen-bond donors (Lipinski definition) is 1. The number of fused-ring (bicyclic) bond motifs is 2. The van der Waals surface area contributed by atoms with Gasteiger partial charge in [0, 0.05) is 31.0 Å². The van der Waals surface area contributed by atoms with Crippen molar-refractivity contribution in [1.82, 2.24) is 5.32 Å². The van der Waals surface area contributed by atoms with Crippen LogP contribution in [0.3, 0.4) is 0 Å². The highest BCUT2D eigenvalue weighted by molar-refractivity contribution is 6.74. The van der Waals surface area contributed by atoms with Gasteiger partial charge in [-0.1, -0.05) is 20.8 Å². The molecule has 2 saturated heterocycles. The number of hydrogen-bond acceptors (Lipinski definition) is 4. The molecule has 0 aromatic rings. The van der Waals surface area contributed by atoms with Gasteiger partial charge in [-0.05, 0) is 31.0 Å². The first-order chi connectivity index (χ1) is 9.69. The fourth-order valence-electron chi connectivity index (χ4n) is 2.93. The van der Waals surface area contributed by atoms with E-state index < -0.39 is 8.32 Å². The van der Waals surface area contributed by atoms with Gasteiger partial charge in [0.1, 0.15) is 5.78 Å². The first-order valence-electron chi connectivity index (χ1n) is 8.19. The fraction of sp³-hybridized carbons (Fsp3) is 0.938. The summed E-state index contributed by atoms with van der Waals surface area (Å²) in [5.74, 6) is 0.584. The van der Waals surface area contributed by atoms with E-state index in [0.717, 1.165) is 26.1 Å². The molecule has 4 nitrogen and oxygen atoms in total. The zero-order valence-electron chi connectivity index (χ0n) is 14.2. The first-order valence-corrected chi connectivity index (χ1v) is 11.1. The third-order valence-electron chi connectivity index (χ3n) is 5.32. The van der Waals surface area contributed by atoms with E-state index in [1.165, 1.54) is 0 Å². The summed E-state index contributed by atoms with van der Waals surface area (Å²) in [5, 5.41) is 3.74. The summed E-state index contributed by atoms with van der Waals surface area (Å²) >= 11 is 0. The number of morpholine rings is 1. The summed E-state index contributed by atoms with van der Waals surface area (Å²) in [6.45, 7) is 13.3. The Morgan fingerprint density at radius 2 is 1.81 bits per heavy atom. The molecular weight excluding hydrogens is 282 g/mol. The number of ether oxygens (including phenoxy) is 1. The molecule has 1 N–H and O–H groups in total. The number of ketones is 1. The monoisotopic (exact) mass is 313 g/mol. The summed E-state index contributed by atoms with van der Waals surface area (Å²) in [6.07, 6.45) is 2.42. The maximum atomic E-state index is 12.4. The van der Waals surface area contributed by atoms with E-state index in [-0.39, 0.29) is 11.0 Å². The molecule has 2 bridgehead atoms. The average Bonchev–Trinajstić information content (AvgIpc) is 2.36. The molecule has 0 aromatic heterocycles. The zero-order chi connectivity index (χ0) is 15.7. The van der Waals surface area contributed by atoms with Gasteiger partial charge >= 0.3 is 0 Å². The van der Waals surface area contributed by atoms with Crippen LogP contribution < -0.4 is 5.32 Å². The van der Waals surface area contributed by atoms with Crippen LogP contribution in [-0.2, 0) is 14.0 Å². The molecule has 2 fully saturated rings. The van der Waals surface area contributed by atoms with E-state index in [9.17, 15) is 4.79 Å². The molecule has 2 aliphatic rings. The largest absolute Gasteiger partial charge is 0.416 e. The predicted octanol–water partition coefficient (Wildman–Crippen LogP) is 2.73. The minimum absolute atomic E-state index is 0.202. The molecule has 0 saturated carbocycles. The number of Topliss-reactive ketones (excluding diaryl/α,β-unsaturated/α-hetero) is 1. The molecule has 2 heterocycles. The number of carbonyl (C=O) groups excluding carboxylic acids is 1. The molecule has 0 amide bonds. The Hall–Kier alpha value is -0.233. The summed E-state index contributed by atoms with van der Waals surface area (Å²) in [4.78, 5) is 12.4. The lowest BCUT2D eigenvalue weighted by Crippen LogP contribution is -2.55. The lowest BCUT2D eigenvalue weighted by Gasteiger charge is -2.40. The SMILES string of the molecule is CC(C)(C)[Si](C)(C)OCCC(=O)C1CC2COCC(C1)N2. The Morgan fingerprint density at radius 1 is 1.24 bits per heavy atom.